The van der Waals surface area contributed by atoms with Crippen LogP contribution in [0, 0.1) is 0 Å². The van der Waals surface area contributed by atoms with Gasteiger partial charge in [0.25, 0.3) is 0 Å². The SMILES string of the molecule is Cn1c(CO)cnc1S(=O)(=O)Cc1csc(-c2ccco2)n1. The minimum atomic E-state index is -3.63. The maximum atomic E-state index is 12.4. The lowest BCUT2D eigenvalue weighted by atomic mass is 10.5. The van der Waals surface area contributed by atoms with Crippen LogP contribution in [0.2, 0.25) is 0 Å². The fourth-order valence-electron chi connectivity index (χ4n) is 2.01. The van der Waals surface area contributed by atoms with E-state index in [1.165, 1.54) is 28.4 Å². The van der Waals surface area contributed by atoms with Gasteiger partial charge in [0.05, 0.1) is 30.5 Å². The molecule has 9 heteroatoms. The molecule has 0 amide bonds. The summed E-state index contributed by atoms with van der Waals surface area (Å²) >= 11 is 1.32. The number of aliphatic hydroxyl groups excluding tert-OH is 1. The molecule has 3 rings (SSSR count). The first kappa shape index (κ1) is 14.9. The quantitative estimate of drug-likeness (QED) is 0.758. The summed E-state index contributed by atoms with van der Waals surface area (Å²) in [4.78, 5) is 8.16. The van der Waals surface area contributed by atoms with Crippen molar-refractivity contribution in [2.24, 2.45) is 7.05 Å². The second-order valence-electron chi connectivity index (χ2n) is 4.63. The van der Waals surface area contributed by atoms with E-state index in [2.05, 4.69) is 9.97 Å². The van der Waals surface area contributed by atoms with Gasteiger partial charge in [0, 0.05) is 12.4 Å². The molecule has 0 unspecified atom stereocenters. The fourth-order valence-corrected chi connectivity index (χ4v) is 4.31. The first-order valence-corrected chi connectivity index (χ1v) is 8.87. The number of hydrogen-bond acceptors (Lipinski definition) is 7. The Morgan fingerprint density at radius 1 is 1.45 bits per heavy atom. The Labute approximate surface area is 130 Å². The minimum absolute atomic E-state index is 0.0795. The van der Waals surface area contributed by atoms with Crippen molar-refractivity contribution in [3.8, 4) is 10.8 Å². The Bertz CT molecular complexity index is 878. The zero-order chi connectivity index (χ0) is 15.7. The van der Waals surface area contributed by atoms with Crippen molar-refractivity contribution in [1.29, 1.82) is 0 Å². The van der Waals surface area contributed by atoms with Gasteiger partial charge >= 0.3 is 0 Å². The fraction of sp³-hybridized carbons (Fsp3) is 0.231. The molecule has 0 saturated carbocycles. The molecule has 7 nitrogen and oxygen atoms in total. The molecule has 3 aromatic rings. The lowest BCUT2D eigenvalue weighted by molar-refractivity contribution is 0.271. The van der Waals surface area contributed by atoms with Crippen LogP contribution in [0.4, 0.5) is 0 Å². The smallest absolute Gasteiger partial charge is 0.228 e. The van der Waals surface area contributed by atoms with Crippen molar-refractivity contribution < 1.29 is 17.9 Å². The number of nitrogens with zero attached hydrogens (tertiary/aromatic N) is 3. The normalized spacial score (nSPS) is 11.9. The molecular weight excluding hydrogens is 326 g/mol. The van der Waals surface area contributed by atoms with Crippen LogP contribution in [0.3, 0.4) is 0 Å². The summed E-state index contributed by atoms with van der Waals surface area (Å²) in [7, 11) is -2.08. The lowest BCUT2D eigenvalue weighted by Crippen LogP contribution is -2.12. The average Bonchev–Trinajstić information content (AvgIpc) is 3.17. The number of furan rings is 1. The number of aromatic nitrogens is 3. The van der Waals surface area contributed by atoms with E-state index in [1.807, 2.05) is 0 Å². The molecule has 0 aliphatic heterocycles. The molecular formula is C13H13N3O4S2. The summed E-state index contributed by atoms with van der Waals surface area (Å²) in [5.41, 5.74) is 0.873. The van der Waals surface area contributed by atoms with Crippen molar-refractivity contribution in [3.63, 3.8) is 0 Å². The molecule has 3 heterocycles. The van der Waals surface area contributed by atoms with Gasteiger partial charge in [-0.05, 0) is 12.1 Å². The van der Waals surface area contributed by atoms with Gasteiger partial charge in [-0.15, -0.1) is 11.3 Å². The van der Waals surface area contributed by atoms with Crippen molar-refractivity contribution >= 4 is 21.2 Å². The molecule has 3 aromatic heterocycles. The average molecular weight is 339 g/mol. The summed E-state index contributed by atoms with van der Waals surface area (Å²) in [5, 5.41) is 11.4. The van der Waals surface area contributed by atoms with Crippen LogP contribution in [0.15, 0.2) is 39.5 Å². The number of aliphatic hydroxyl groups is 1. The van der Waals surface area contributed by atoms with E-state index in [4.69, 9.17) is 9.52 Å². The minimum Gasteiger partial charge on any atom is -0.462 e. The number of hydrogen-bond donors (Lipinski definition) is 1. The second-order valence-corrected chi connectivity index (χ2v) is 7.37. The predicted molar refractivity (Wildman–Crippen MR) is 79.8 cm³/mol. The van der Waals surface area contributed by atoms with E-state index in [-0.39, 0.29) is 17.5 Å². The van der Waals surface area contributed by atoms with Gasteiger partial charge in [0.15, 0.2) is 10.8 Å². The Morgan fingerprint density at radius 2 is 2.27 bits per heavy atom. The third kappa shape index (κ3) is 2.70. The third-order valence-electron chi connectivity index (χ3n) is 3.10. The van der Waals surface area contributed by atoms with Gasteiger partial charge in [0.1, 0.15) is 5.75 Å². The standard InChI is InChI=1S/C13H13N3O4S2/c1-16-10(6-17)5-14-13(16)22(18,19)8-9-7-21-12(15-9)11-3-2-4-20-11/h2-5,7,17H,6,8H2,1H3. The molecule has 0 spiro atoms. The molecule has 0 radical (unpaired) electrons. The van der Waals surface area contributed by atoms with E-state index in [9.17, 15) is 8.42 Å². The largest absolute Gasteiger partial charge is 0.462 e. The van der Waals surface area contributed by atoms with Gasteiger partial charge in [-0.2, -0.15) is 0 Å². The van der Waals surface area contributed by atoms with Crippen LogP contribution in [-0.2, 0) is 29.2 Å². The van der Waals surface area contributed by atoms with Crippen molar-refractivity contribution in [1.82, 2.24) is 14.5 Å². The van der Waals surface area contributed by atoms with Crippen LogP contribution in [0.5, 0.6) is 0 Å². The Morgan fingerprint density at radius 3 is 2.91 bits per heavy atom. The third-order valence-corrected chi connectivity index (χ3v) is 5.62. The molecule has 0 aliphatic carbocycles. The topological polar surface area (TPSA) is 98.2 Å². The number of rotatable bonds is 5. The van der Waals surface area contributed by atoms with Gasteiger partial charge in [-0.1, -0.05) is 0 Å². The van der Waals surface area contributed by atoms with E-state index in [0.29, 0.717) is 22.2 Å². The molecule has 22 heavy (non-hydrogen) atoms. The molecule has 0 fully saturated rings. The van der Waals surface area contributed by atoms with Crippen LogP contribution in [0.1, 0.15) is 11.4 Å². The highest BCUT2D eigenvalue weighted by atomic mass is 32.2. The summed E-state index contributed by atoms with van der Waals surface area (Å²) in [6.45, 7) is -0.266. The number of thiazole rings is 1. The Kier molecular flexibility index (Phi) is 3.85. The van der Waals surface area contributed by atoms with E-state index < -0.39 is 9.84 Å². The molecule has 0 saturated heterocycles. The van der Waals surface area contributed by atoms with Crippen LogP contribution in [0.25, 0.3) is 10.8 Å². The van der Waals surface area contributed by atoms with Gasteiger partial charge < -0.3 is 14.1 Å². The first-order valence-electron chi connectivity index (χ1n) is 6.34. The predicted octanol–water partition coefficient (Wildman–Crippen LogP) is 1.60. The highest BCUT2D eigenvalue weighted by molar-refractivity contribution is 7.90. The lowest BCUT2D eigenvalue weighted by Gasteiger charge is -2.04. The monoisotopic (exact) mass is 339 g/mol. The van der Waals surface area contributed by atoms with Gasteiger partial charge in [-0.25, -0.2) is 18.4 Å². The Balaban J connectivity index is 1.87. The molecule has 0 atom stereocenters. The van der Waals surface area contributed by atoms with Crippen molar-refractivity contribution in [2.75, 3.05) is 0 Å². The summed E-state index contributed by atoms with van der Waals surface area (Å²) in [6, 6.07) is 3.51. The van der Waals surface area contributed by atoms with Crippen LogP contribution >= 0.6 is 11.3 Å². The van der Waals surface area contributed by atoms with Crippen molar-refractivity contribution in [2.45, 2.75) is 17.5 Å². The molecule has 0 bridgehead atoms. The van der Waals surface area contributed by atoms with Gasteiger partial charge in [-0.3, -0.25) is 0 Å². The number of imidazole rings is 1. The number of sulfone groups is 1. The summed E-state index contributed by atoms with van der Waals surface area (Å²) in [5.74, 6) is 0.355. The van der Waals surface area contributed by atoms with Crippen LogP contribution in [-0.4, -0.2) is 28.1 Å². The zero-order valence-corrected chi connectivity index (χ0v) is 13.3. The van der Waals surface area contributed by atoms with Crippen LogP contribution < -0.4 is 0 Å². The Hall–Kier alpha value is -1.97. The molecule has 116 valence electrons. The molecule has 0 aromatic carbocycles. The summed E-state index contributed by atoms with van der Waals surface area (Å²) in [6.07, 6.45) is 2.89. The molecule has 0 aliphatic rings. The van der Waals surface area contributed by atoms with E-state index >= 15 is 0 Å². The zero-order valence-electron chi connectivity index (χ0n) is 11.6. The van der Waals surface area contributed by atoms with Crippen molar-refractivity contribution in [3.05, 3.63) is 41.4 Å². The maximum Gasteiger partial charge on any atom is 0.228 e. The highest BCUT2D eigenvalue weighted by Gasteiger charge is 2.23. The van der Waals surface area contributed by atoms with Gasteiger partial charge in [0.2, 0.25) is 15.0 Å². The maximum absolute atomic E-state index is 12.4. The second kappa shape index (κ2) is 5.67. The van der Waals surface area contributed by atoms with E-state index in [0.717, 1.165) is 0 Å². The van der Waals surface area contributed by atoms with E-state index in [1.54, 1.807) is 24.6 Å². The highest BCUT2D eigenvalue weighted by Crippen LogP contribution is 2.25. The summed E-state index contributed by atoms with van der Waals surface area (Å²) < 4.78 is 31.5. The molecule has 1 N–H and O–H groups in total. The first-order chi connectivity index (χ1) is 10.5.